The second-order valence-corrected chi connectivity index (χ2v) is 10.2. The fraction of sp³-hybridized carbons (Fsp3) is 0.400. The molecule has 0 saturated heterocycles. The molecule has 0 aliphatic heterocycles. The lowest BCUT2D eigenvalue weighted by atomic mass is 10.1. The van der Waals surface area contributed by atoms with Crippen molar-refractivity contribution in [3.8, 4) is 5.75 Å². The highest BCUT2D eigenvalue weighted by molar-refractivity contribution is 5.61. The van der Waals surface area contributed by atoms with Gasteiger partial charge in [0.05, 0.1) is 0 Å². The number of anilines is 1. The summed E-state index contributed by atoms with van der Waals surface area (Å²) in [5.74, 6) is -0.930. The Morgan fingerprint density at radius 3 is 2.11 bits per heavy atom. The van der Waals surface area contributed by atoms with Gasteiger partial charge in [-0.2, -0.15) is 0 Å². The van der Waals surface area contributed by atoms with Gasteiger partial charge in [0.15, 0.2) is 11.9 Å². The minimum atomic E-state index is -2.85. The molecule has 6 heteroatoms. The maximum absolute atomic E-state index is 13.6. The van der Waals surface area contributed by atoms with E-state index in [-0.39, 0.29) is 5.56 Å². The van der Waals surface area contributed by atoms with Crippen molar-refractivity contribution < 1.29 is 18.3 Å². The molecule has 0 aliphatic carbocycles. The van der Waals surface area contributed by atoms with Crippen molar-refractivity contribution in [2.24, 2.45) is 0 Å². The van der Waals surface area contributed by atoms with Gasteiger partial charge in [-0.25, -0.2) is 13.8 Å². The summed E-state index contributed by atoms with van der Waals surface area (Å²) in [6.45, 7) is 9.98. The Bertz CT molecular complexity index is 1100. The maximum Gasteiger partial charge on any atom is 0.270 e. The van der Waals surface area contributed by atoms with Crippen LogP contribution in [0.1, 0.15) is 69.2 Å². The number of hydrogen-bond donors (Lipinski definition) is 0. The second kappa shape index (κ2) is 11.6. The van der Waals surface area contributed by atoms with E-state index in [2.05, 4.69) is 24.8 Å². The summed E-state index contributed by atoms with van der Waals surface area (Å²) in [4.78, 5) is 18.0. The molecule has 4 nitrogen and oxygen atoms in total. The van der Waals surface area contributed by atoms with Crippen LogP contribution in [-0.4, -0.2) is 23.4 Å². The number of aldehydes is 1. The Morgan fingerprint density at radius 1 is 0.944 bits per heavy atom. The molecule has 3 rings (SSSR count). The molecule has 0 radical (unpaired) electrons. The number of pyridine rings is 1. The quantitative estimate of drug-likeness (QED) is 0.248. The molecule has 0 bridgehead atoms. The van der Waals surface area contributed by atoms with E-state index in [0.717, 1.165) is 44.0 Å². The van der Waals surface area contributed by atoms with Crippen LogP contribution in [0, 0.1) is 0 Å². The zero-order chi connectivity index (χ0) is 26.3. The molecule has 0 aliphatic rings. The van der Waals surface area contributed by atoms with Gasteiger partial charge in [-0.3, -0.25) is 4.79 Å². The van der Waals surface area contributed by atoms with Crippen LogP contribution in [0.4, 0.5) is 14.6 Å². The molecule has 1 heterocycles. The molecule has 0 fully saturated rings. The third-order valence-corrected chi connectivity index (χ3v) is 6.08. The number of hydrogen-bond acceptors (Lipinski definition) is 4. The van der Waals surface area contributed by atoms with Gasteiger partial charge in [0.2, 0.25) is 0 Å². The molecule has 0 saturated carbocycles. The van der Waals surface area contributed by atoms with Crippen LogP contribution in [0.5, 0.6) is 5.75 Å². The largest absolute Gasteiger partial charge is 0.480 e. The Morgan fingerprint density at radius 2 is 1.58 bits per heavy atom. The van der Waals surface area contributed by atoms with Crippen molar-refractivity contribution in [1.29, 1.82) is 0 Å². The van der Waals surface area contributed by atoms with Crippen LogP contribution < -0.4 is 9.64 Å². The van der Waals surface area contributed by atoms with Crippen molar-refractivity contribution in [2.75, 3.05) is 11.4 Å². The molecule has 0 amide bonds. The molecular weight excluding hydrogens is 458 g/mol. The van der Waals surface area contributed by atoms with Crippen molar-refractivity contribution in [3.05, 3.63) is 89.1 Å². The van der Waals surface area contributed by atoms with Gasteiger partial charge < -0.3 is 9.64 Å². The molecule has 0 unspecified atom stereocenters. The Balaban J connectivity index is 1.69. The number of carbonyl (C=O) groups excluding carboxylic acids is 1. The summed E-state index contributed by atoms with van der Waals surface area (Å²) < 4.78 is 32.9. The first-order chi connectivity index (χ1) is 17.0. The number of aryl methyl sites for hydroxylation is 1. The van der Waals surface area contributed by atoms with E-state index in [4.69, 9.17) is 9.72 Å². The highest BCUT2D eigenvalue weighted by atomic mass is 19.3. The van der Waals surface area contributed by atoms with Crippen LogP contribution in [0.3, 0.4) is 0 Å². The molecule has 0 N–H and O–H groups in total. The summed E-state index contributed by atoms with van der Waals surface area (Å²) in [6, 6.07) is 18.5. The zero-order valence-electron chi connectivity index (χ0n) is 21.8. The predicted octanol–water partition coefficient (Wildman–Crippen LogP) is 7.31. The van der Waals surface area contributed by atoms with E-state index in [1.807, 2.05) is 36.5 Å². The number of aromatic nitrogens is 1. The number of rotatable bonds is 12. The van der Waals surface area contributed by atoms with Crippen molar-refractivity contribution in [2.45, 2.75) is 71.4 Å². The molecule has 3 aromatic rings. The highest BCUT2D eigenvalue weighted by Gasteiger charge is 2.24. The predicted molar refractivity (Wildman–Crippen MR) is 141 cm³/mol. The van der Waals surface area contributed by atoms with E-state index in [1.54, 1.807) is 26.0 Å². The molecule has 2 aromatic carbocycles. The van der Waals surface area contributed by atoms with Gasteiger partial charge in [0.1, 0.15) is 11.6 Å². The minimum absolute atomic E-state index is 0.0150. The first kappa shape index (κ1) is 27.3. The van der Waals surface area contributed by atoms with Gasteiger partial charge in [-0.05, 0) is 67.5 Å². The smallest absolute Gasteiger partial charge is 0.270 e. The number of alkyl halides is 2. The van der Waals surface area contributed by atoms with Crippen LogP contribution in [0.25, 0.3) is 0 Å². The lowest BCUT2D eigenvalue weighted by molar-refractivity contribution is -0.119. The summed E-state index contributed by atoms with van der Waals surface area (Å²) >= 11 is 0. The fourth-order valence-electron chi connectivity index (χ4n) is 3.85. The topological polar surface area (TPSA) is 42.4 Å². The van der Waals surface area contributed by atoms with Crippen molar-refractivity contribution >= 4 is 12.1 Å². The maximum atomic E-state index is 13.6. The lowest BCUT2D eigenvalue weighted by Crippen LogP contribution is -2.29. The molecule has 0 spiro atoms. The Labute approximate surface area is 213 Å². The van der Waals surface area contributed by atoms with Crippen LogP contribution in [0.15, 0.2) is 66.9 Å². The highest BCUT2D eigenvalue weighted by Crippen LogP contribution is 2.27. The van der Waals surface area contributed by atoms with Crippen LogP contribution in [-0.2, 0) is 23.7 Å². The molecular formula is C30H36F2N2O2. The minimum Gasteiger partial charge on any atom is -0.480 e. The van der Waals surface area contributed by atoms with E-state index in [0.29, 0.717) is 18.2 Å². The average Bonchev–Trinajstić information content (AvgIpc) is 2.84. The SMILES string of the molecule is CC(C)c1ccc(N(CCCc2ccc(OC(C)(C)C=O)cc2)Cc2ccc(C(C)(F)F)cc2)nc1. The third-order valence-electron chi connectivity index (χ3n) is 6.08. The van der Waals surface area contributed by atoms with Gasteiger partial charge in [0.25, 0.3) is 5.92 Å². The standard InChI is InChI=1S/C30H36F2N2O2/c1-22(2)25-12-17-28(33-19-25)34(20-24-8-13-26(14-9-24)30(5,31)32)18-6-7-23-10-15-27(16-11-23)36-29(3,4)21-35/h8-17,19,21-22H,6-7,18,20H2,1-5H3. The van der Waals surface area contributed by atoms with Crippen molar-refractivity contribution in [3.63, 3.8) is 0 Å². The fourth-order valence-corrected chi connectivity index (χ4v) is 3.85. The second-order valence-electron chi connectivity index (χ2n) is 10.2. The van der Waals surface area contributed by atoms with E-state index in [1.165, 1.54) is 23.3 Å². The number of benzene rings is 2. The van der Waals surface area contributed by atoms with Crippen LogP contribution in [0.2, 0.25) is 0 Å². The van der Waals surface area contributed by atoms with Gasteiger partial charge in [-0.1, -0.05) is 56.3 Å². The summed E-state index contributed by atoms with van der Waals surface area (Å²) in [7, 11) is 0. The molecule has 192 valence electrons. The first-order valence-electron chi connectivity index (χ1n) is 12.4. The normalized spacial score (nSPS) is 12.0. The van der Waals surface area contributed by atoms with Gasteiger partial charge >= 0.3 is 0 Å². The lowest BCUT2D eigenvalue weighted by Gasteiger charge is -2.25. The number of nitrogens with zero attached hydrogens (tertiary/aromatic N) is 2. The van der Waals surface area contributed by atoms with E-state index in [9.17, 15) is 13.6 Å². The third kappa shape index (κ3) is 7.87. The molecule has 36 heavy (non-hydrogen) atoms. The monoisotopic (exact) mass is 494 g/mol. The number of ether oxygens (including phenoxy) is 1. The Hall–Kier alpha value is -3.28. The molecule has 1 aromatic heterocycles. The van der Waals surface area contributed by atoms with Crippen molar-refractivity contribution in [1.82, 2.24) is 4.98 Å². The first-order valence-corrected chi connectivity index (χ1v) is 12.4. The van der Waals surface area contributed by atoms with Gasteiger partial charge in [-0.15, -0.1) is 0 Å². The average molecular weight is 495 g/mol. The molecule has 0 atom stereocenters. The zero-order valence-corrected chi connectivity index (χ0v) is 21.8. The Kier molecular flexibility index (Phi) is 8.83. The van der Waals surface area contributed by atoms with E-state index < -0.39 is 11.5 Å². The number of halogens is 2. The summed E-state index contributed by atoms with van der Waals surface area (Å²) in [5, 5.41) is 0. The summed E-state index contributed by atoms with van der Waals surface area (Å²) in [5.41, 5.74) is 2.46. The summed E-state index contributed by atoms with van der Waals surface area (Å²) in [6.07, 6.45) is 4.45. The van der Waals surface area contributed by atoms with Crippen LogP contribution >= 0.6 is 0 Å². The van der Waals surface area contributed by atoms with Gasteiger partial charge in [0, 0.05) is 31.8 Å². The number of carbonyl (C=O) groups is 1. The van der Waals surface area contributed by atoms with E-state index >= 15 is 0 Å².